The number of aromatic nitrogens is 2. The Morgan fingerprint density at radius 1 is 1.41 bits per heavy atom. The lowest BCUT2D eigenvalue weighted by atomic mass is 9.96. The predicted octanol–water partition coefficient (Wildman–Crippen LogP) is 2.04. The van der Waals surface area contributed by atoms with Crippen LogP contribution in [0.5, 0.6) is 5.88 Å². The quantitative estimate of drug-likeness (QED) is 0.893. The maximum Gasteiger partial charge on any atom is 0.413 e. The standard InChI is InChI=1S/C14H23N3O4S/c1-3-15-14(18)21-13-9-11(10-22(2,19)20)16-17(13)12-7-5-4-6-8-12/h9,12H,3-8,10H2,1-2H3,(H,15,18). The van der Waals surface area contributed by atoms with Gasteiger partial charge in [-0.3, -0.25) is 0 Å². The molecule has 1 aromatic rings. The van der Waals surface area contributed by atoms with E-state index in [4.69, 9.17) is 4.74 Å². The van der Waals surface area contributed by atoms with E-state index >= 15 is 0 Å². The summed E-state index contributed by atoms with van der Waals surface area (Å²) in [7, 11) is -3.18. The second kappa shape index (κ2) is 7.13. The molecule has 0 atom stereocenters. The summed E-state index contributed by atoms with van der Waals surface area (Å²) < 4.78 is 29.9. The highest BCUT2D eigenvalue weighted by atomic mass is 32.2. The molecule has 0 unspecified atom stereocenters. The van der Waals surface area contributed by atoms with Gasteiger partial charge in [0.15, 0.2) is 9.84 Å². The number of ether oxygens (including phenoxy) is 1. The van der Waals surface area contributed by atoms with E-state index < -0.39 is 15.9 Å². The van der Waals surface area contributed by atoms with E-state index in [1.807, 2.05) is 0 Å². The molecule has 7 nitrogen and oxygen atoms in total. The van der Waals surface area contributed by atoms with Gasteiger partial charge in [0.2, 0.25) is 5.88 Å². The Hall–Kier alpha value is -1.57. The third-order valence-electron chi connectivity index (χ3n) is 3.60. The van der Waals surface area contributed by atoms with E-state index in [2.05, 4.69) is 10.4 Å². The number of hydrogen-bond acceptors (Lipinski definition) is 5. The summed E-state index contributed by atoms with van der Waals surface area (Å²) in [5, 5.41) is 6.93. The fraction of sp³-hybridized carbons (Fsp3) is 0.714. The molecule has 1 saturated carbocycles. The summed E-state index contributed by atoms with van der Waals surface area (Å²) in [6, 6.07) is 1.71. The third kappa shape index (κ3) is 4.72. The van der Waals surface area contributed by atoms with Crippen molar-refractivity contribution in [2.24, 2.45) is 0 Å². The molecule has 1 aliphatic carbocycles. The molecular weight excluding hydrogens is 306 g/mol. The molecule has 0 aliphatic heterocycles. The number of amides is 1. The number of nitrogens with one attached hydrogen (secondary N) is 1. The Kier molecular flexibility index (Phi) is 5.44. The normalized spacial score (nSPS) is 16.5. The summed E-state index contributed by atoms with van der Waals surface area (Å²) in [4.78, 5) is 11.6. The van der Waals surface area contributed by atoms with Gasteiger partial charge in [-0.15, -0.1) is 0 Å². The molecule has 0 spiro atoms. The molecule has 0 radical (unpaired) electrons. The summed E-state index contributed by atoms with van der Waals surface area (Å²) in [5.74, 6) is 0.162. The Balaban J connectivity index is 2.24. The van der Waals surface area contributed by atoms with Crippen LogP contribution in [0.25, 0.3) is 0 Å². The second-order valence-corrected chi connectivity index (χ2v) is 7.84. The molecule has 1 aromatic heterocycles. The molecule has 1 heterocycles. The zero-order valence-corrected chi connectivity index (χ0v) is 13.9. The number of rotatable bonds is 5. The van der Waals surface area contributed by atoms with Crippen molar-refractivity contribution in [3.05, 3.63) is 11.8 Å². The smallest absolute Gasteiger partial charge is 0.392 e. The number of carbonyl (C=O) groups excluding carboxylic acids is 1. The van der Waals surface area contributed by atoms with Crippen molar-refractivity contribution in [2.45, 2.75) is 50.8 Å². The van der Waals surface area contributed by atoms with Crippen molar-refractivity contribution in [1.82, 2.24) is 15.1 Å². The molecule has 1 fully saturated rings. The number of carbonyl (C=O) groups is 1. The van der Waals surface area contributed by atoms with Gasteiger partial charge in [-0.2, -0.15) is 5.10 Å². The lowest BCUT2D eigenvalue weighted by Crippen LogP contribution is -2.28. The molecule has 8 heteroatoms. The minimum absolute atomic E-state index is 0.154. The van der Waals surface area contributed by atoms with E-state index in [9.17, 15) is 13.2 Å². The Morgan fingerprint density at radius 3 is 2.68 bits per heavy atom. The van der Waals surface area contributed by atoms with Crippen LogP contribution in [0.3, 0.4) is 0 Å². The monoisotopic (exact) mass is 329 g/mol. The third-order valence-corrected chi connectivity index (χ3v) is 4.42. The van der Waals surface area contributed by atoms with Gasteiger partial charge in [0.25, 0.3) is 0 Å². The highest BCUT2D eigenvalue weighted by Crippen LogP contribution is 2.31. The Bertz CT molecular complexity index is 618. The Morgan fingerprint density at radius 2 is 2.09 bits per heavy atom. The van der Waals surface area contributed by atoms with Crippen LogP contribution in [0.1, 0.15) is 50.8 Å². The van der Waals surface area contributed by atoms with E-state index in [-0.39, 0.29) is 11.8 Å². The number of nitrogens with zero attached hydrogens (tertiary/aromatic N) is 2. The lowest BCUT2D eigenvalue weighted by Gasteiger charge is -2.23. The summed E-state index contributed by atoms with van der Waals surface area (Å²) in [6.07, 6.45) is 5.94. The van der Waals surface area contributed by atoms with Crippen molar-refractivity contribution < 1.29 is 17.9 Å². The number of sulfone groups is 1. The molecule has 2 rings (SSSR count). The van der Waals surface area contributed by atoms with Gasteiger partial charge in [-0.25, -0.2) is 17.9 Å². The molecule has 1 N–H and O–H groups in total. The second-order valence-electron chi connectivity index (χ2n) is 5.70. The Labute approximate surface area is 130 Å². The van der Waals surface area contributed by atoms with Crippen molar-refractivity contribution in [3.63, 3.8) is 0 Å². The van der Waals surface area contributed by atoms with Crippen LogP contribution in [0.15, 0.2) is 6.07 Å². The van der Waals surface area contributed by atoms with Crippen molar-refractivity contribution in [3.8, 4) is 5.88 Å². The number of hydrogen-bond donors (Lipinski definition) is 1. The fourth-order valence-electron chi connectivity index (χ4n) is 2.70. The molecule has 0 aromatic carbocycles. The van der Waals surface area contributed by atoms with Crippen LogP contribution < -0.4 is 10.1 Å². The topological polar surface area (TPSA) is 90.3 Å². The van der Waals surface area contributed by atoms with Crippen LogP contribution in [-0.4, -0.2) is 37.1 Å². The first-order valence-corrected chi connectivity index (χ1v) is 9.67. The van der Waals surface area contributed by atoms with Gasteiger partial charge >= 0.3 is 6.09 Å². The molecular formula is C14H23N3O4S. The summed E-state index contributed by atoms with van der Waals surface area (Å²) in [5.41, 5.74) is 0.410. The van der Waals surface area contributed by atoms with Gasteiger partial charge in [-0.1, -0.05) is 19.3 Å². The SMILES string of the molecule is CCNC(=O)Oc1cc(CS(C)(=O)=O)nn1C1CCCCC1. The maximum absolute atomic E-state index is 11.6. The fourth-order valence-corrected chi connectivity index (χ4v) is 3.38. The molecule has 0 saturated heterocycles. The largest absolute Gasteiger partial charge is 0.413 e. The predicted molar refractivity (Wildman–Crippen MR) is 82.6 cm³/mol. The van der Waals surface area contributed by atoms with Crippen LogP contribution in [0, 0.1) is 0 Å². The van der Waals surface area contributed by atoms with Crippen molar-refractivity contribution in [1.29, 1.82) is 0 Å². The maximum atomic E-state index is 11.6. The van der Waals surface area contributed by atoms with Crippen LogP contribution in [-0.2, 0) is 15.6 Å². The minimum Gasteiger partial charge on any atom is -0.392 e. The van der Waals surface area contributed by atoms with Crippen molar-refractivity contribution in [2.75, 3.05) is 12.8 Å². The van der Waals surface area contributed by atoms with E-state index in [1.165, 1.54) is 6.42 Å². The highest BCUT2D eigenvalue weighted by molar-refractivity contribution is 7.89. The van der Waals surface area contributed by atoms with Gasteiger partial charge in [0, 0.05) is 18.9 Å². The zero-order valence-electron chi connectivity index (χ0n) is 13.0. The first kappa shape index (κ1) is 16.8. The first-order valence-electron chi connectivity index (χ1n) is 7.61. The molecule has 22 heavy (non-hydrogen) atoms. The van der Waals surface area contributed by atoms with Crippen molar-refractivity contribution >= 4 is 15.9 Å². The van der Waals surface area contributed by atoms with E-state index in [1.54, 1.807) is 17.7 Å². The molecule has 0 bridgehead atoms. The zero-order chi connectivity index (χ0) is 16.2. The van der Waals surface area contributed by atoms with Gasteiger partial charge < -0.3 is 10.1 Å². The summed E-state index contributed by atoms with van der Waals surface area (Å²) in [6.45, 7) is 2.27. The van der Waals surface area contributed by atoms with Gasteiger partial charge in [-0.05, 0) is 19.8 Å². The summed E-state index contributed by atoms with van der Waals surface area (Å²) >= 11 is 0. The van der Waals surface area contributed by atoms with Crippen LogP contribution in [0.4, 0.5) is 4.79 Å². The average molecular weight is 329 g/mol. The molecule has 1 aliphatic rings. The molecule has 124 valence electrons. The highest BCUT2D eigenvalue weighted by Gasteiger charge is 2.23. The van der Waals surface area contributed by atoms with Gasteiger partial charge in [0.1, 0.15) is 0 Å². The van der Waals surface area contributed by atoms with Gasteiger partial charge in [0.05, 0.1) is 17.5 Å². The van der Waals surface area contributed by atoms with E-state index in [0.29, 0.717) is 18.1 Å². The minimum atomic E-state index is -3.18. The molecule has 1 amide bonds. The lowest BCUT2D eigenvalue weighted by molar-refractivity contribution is 0.192. The average Bonchev–Trinajstić information content (AvgIpc) is 2.80. The van der Waals surface area contributed by atoms with Crippen LogP contribution >= 0.6 is 0 Å². The first-order chi connectivity index (χ1) is 10.4. The van der Waals surface area contributed by atoms with Crippen LogP contribution in [0.2, 0.25) is 0 Å². The van der Waals surface area contributed by atoms with E-state index in [0.717, 1.165) is 31.9 Å².